The van der Waals surface area contributed by atoms with Crippen LogP contribution in [0.25, 0.3) is 10.9 Å². The number of fused-ring (bicyclic) bond motifs is 2. The van der Waals surface area contributed by atoms with Crippen LogP contribution in [0, 0.1) is 11.7 Å². The van der Waals surface area contributed by atoms with Crippen LogP contribution in [0.2, 0.25) is 5.02 Å². The van der Waals surface area contributed by atoms with E-state index in [4.69, 9.17) is 21.8 Å². The Morgan fingerprint density at radius 3 is 2.47 bits per heavy atom. The minimum Gasteiger partial charge on any atom is -0.479 e. The van der Waals surface area contributed by atoms with Crippen molar-refractivity contribution in [3.63, 3.8) is 0 Å². The normalized spacial score (nSPS) is 22.6. The Bertz CT molecular complexity index is 1180. The Kier molecular flexibility index (Phi) is 6.84. The summed E-state index contributed by atoms with van der Waals surface area (Å²) in [6.07, 6.45) is 4.13. The van der Waals surface area contributed by atoms with Gasteiger partial charge in [0, 0.05) is 31.4 Å². The number of hydrogen-bond donors (Lipinski definition) is 4. The Morgan fingerprint density at radius 2 is 1.91 bits per heavy atom. The fourth-order valence-corrected chi connectivity index (χ4v) is 5.15. The zero-order valence-corrected chi connectivity index (χ0v) is 19.4. The first-order chi connectivity index (χ1) is 16.1. The van der Waals surface area contributed by atoms with Gasteiger partial charge in [-0.2, -0.15) is 0 Å². The molecular formula is C23H27ClFN3O6. The average molecular weight is 496 g/mol. The first-order valence-corrected chi connectivity index (χ1v) is 11.7. The number of rotatable bonds is 4. The Balaban J connectivity index is 0.000000408. The second kappa shape index (κ2) is 9.52. The quantitative estimate of drug-likeness (QED) is 0.508. The van der Waals surface area contributed by atoms with Gasteiger partial charge in [0.1, 0.15) is 17.5 Å². The molecule has 0 spiro atoms. The van der Waals surface area contributed by atoms with E-state index in [1.807, 2.05) is 4.90 Å². The lowest BCUT2D eigenvalue weighted by Gasteiger charge is -2.24. The number of carbonyl (C=O) groups is 2. The van der Waals surface area contributed by atoms with E-state index in [1.54, 1.807) is 4.57 Å². The van der Waals surface area contributed by atoms with E-state index in [2.05, 4.69) is 5.32 Å². The van der Waals surface area contributed by atoms with E-state index in [1.165, 1.54) is 19.2 Å². The third-order valence-corrected chi connectivity index (χ3v) is 6.99. The molecule has 4 N–H and O–H groups in total. The van der Waals surface area contributed by atoms with Crippen molar-refractivity contribution in [1.29, 1.82) is 0 Å². The fourth-order valence-electron chi connectivity index (χ4n) is 4.74. The van der Waals surface area contributed by atoms with Gasteiger partial charge in [-0.1, -0.05) is 11.6 Å². The fraction of sp³-hybridized carbons (Fsp3) is 0.522. The highest BCUT2D eigenvalue weighted by Crippen LogP contribution is 2.43. The zero-order valence-electron chi connectivity index (χ0n) is 18.6. The van der Waals surface area contributed by atoms with Crippen LogP contribution in [-0.2, 0) is 4.79 Å². The number of nitrogens with zero attached hydrogens (tertiary/aromatic N) is 2. The molecule has 3 heterocycles. The molecule has 9 nitrogen and oxygen atoms in total. The first kappa shape index (κ1) is 24.4. The second-order valence-corrected chi connectivity index (χ2v) is 9.49. The summed E-state index contributed by atoms with van der Waals surface area (Å²) in [6.45, 7) is 3.57. The lowest BCUT2D eigenvalue weighted by molar-refractivity contribution is -0.145. The zero-order chi connectivity index (χ0) is 24.7. The number of carboxylic acid groups (broad SMARTS) is 2. The highest BCUT2D eigenvalue weighted by molar-refractivity contribution is 6.38. The number of aromatic nitrogens is 1. The van der Waals surface area contributed by atoms with Crippen LogP contribution in [0.3, 0.4) is 0 Å². The maximum absolute atomic E-state index is 15.1. The molecule has 3 atom stereocenters. The molecule has 1 unspecified atom stereocenters. The first-order valence-electron chi connectivity index (χ1n) is 11.3. The molecule has 1 saturated carbocycles. The number of carboxylic acids is 2. The maximum Gasteiger partial charge on any atom is 0.341 e. The molecule has 5 rings (SSSR count). The molecule has 184 valence electrons. The standard InChI is InChI=1S/C20H21ClFN3O3.C3H6O3/c21-16-17-12(19(26)13(20(27)28)8-25(17)11-3-4-11)6-14(22)18(16)24-7-10-2-1-5-23-15(10)9-24;1-2(4)3(5)6/h6,8,10-11,15,23H,1-5,7,9H2,(H,27,28);2,4H,1H3,(H,5,6)/t10-,15+;/m0./s1. The number of aromatic carboxylic acids is 1. The molecule has 1 aromatic heterocycles. The van der Waals surface area contributed by atoms with Gasteiger partial charge in [-0.15, -0.1) is 0 Å². The number of pyridine rings is 1. The summed E-state index contributed by atoms with van der Waals surface area (Å²) in [7, 11) is 0. The minimum absolute atomic E-state index is 0.0350. The van der Waals surface area contributed by atoms with Crippen LogP contribution in [0.5, 0.6) is 0 Å². The number of piperidine rings is 1. The van der Waals surface area contributed by atoms with Gasteiger partial charge >= 0.3 is 11.9 Å². The van der Waals surface area contributed by atoms with Gasteiger partial charge in [0.15, 0.2) is 0 Å². The summed E-state index contributed by atoms with van der Waals surface area (Å²) in [5.74, 6) is -2.61. The summed E-state index contributed by atoms with van der Waals surface area (Å²) >= 11 is 6.70. The van der Waals surface area contributed by atoms with Gasteiger partial charge in [-0.05, 0) is 51.1 Å². The Labute approximate surface area is 199 Å². The number of halogens is 2. The third kappa shape index (κ3) is 4.62. The van der Waals surface area contributed by atoms with Crippen molar-refractivity contribution in [2.75, 3.05) is 24.5 Å². The number of anilines is 1. The number of benzene rings is 1. The molecule has 3 fully saturated rings. The predicted octanol–water partition coefficient (Wildman–Crippen LogP) is 2.47. The third-order valence-electron chi connectivity index (χ3n) is 6.63. The molecule has 1 aromatic carbocycles. The molecular weight excluding hydrogens is 469 g/mol. The van der Waals surface area contributed by atoms with Gasteiger partial charge in [0.25, 0.3) is 0 Å². The number of aliphatic carboxylic acids is 1. The van der Waals surface area contributed by atoms with E-state index < -0.39 is 29.3 Å². The van der Waals surface area contributed by atoms with Crippen LogP contribution in [0.15, 0.2) is 17.1 Å². The van der Waals surface area contributed by atoms with E-state index in [0.717, 1.165) is 38.8 Å². The smallest absolute Gasteiger partial charge is 0.341 e. The molecule has 1 aliphatic carbocycles. The molecule has 0 bridgehead atoms. The molecule has 3 aliphatic rings. The Morgan fingerprint density at radius 1 is 1.24 bits per heavy atom. The largest absolute Gasteiger partial charge is 0.479 e. The molecule has 11 heteroatoms. The monoisotopic (exact) mass is 495 g/mol. The molecule has 2 saturated heterocycles. The van der Waals surface area contributed by atoms with Crippen LogP contribution >= 0.6 is 11.6 Å². The van der Waals surface area contributed by atoms with Gasteiger partial charge < -0.3 is 30.1 Å². The van der Waals surface area contributed by atoms with Crippen molar-refractivity contribution < 1.29 is 29.3 Å². The number of aliphatic hydroxyl groups is 1. The van der Waals surface area contributed by atoms with Gasteiger partial charge in [-0.25, -0.2) is 14.0 Å². The number of nitrogens with one attached hydrogen (secondary N) is 1. The topological polar surface area (TPSA) is 132 Å². The van der Waals surface area contributed by atoms with Crippen LogP contribution in [-0.4, -0.2) is 63.6 Å². The average Bonchev–Trinajstić information content (AvgIpc) is 3.53. The molecule has 0 amide bonds. The number of hydrogen-bond acceptors (Lipinski definition) is 6. The molecule has 0 radical (unpaired) electrons. The lowest BCUT2D eigenvalue weighted by atomic mass is 9.94. The van der Waals surface area contributed by atoms with E-state index >= 15 is 4.39 Å². The van der Waals surface area contributed by atoms with Crippen molar-refractivity contribution in [1.82, 2.24) is 9.88 Å². The molecule has 2 aromatic rings. The highest BCUT2D eigenvalue weighted by atomic mass is 35.5. The molecule has 2 aliphatic heterocycles. The summed E-state index contributed by atoms with van der Waals surface area (Å²) in [5, 5.41) is 28.9. The van der Waals surface area contributed by atoms with Crippen molar-refractivity contribution in [2.45, 2.75) is 50.8 Å². The van der Waals surface area contributed by atoms with Crippen molar-refractivity contribution in [2.24, 2.45) is 5.92 Å². The molecule has 34 heavy (non-hydrogen) atoms. The highest BCUT2D eigenvalue weighted by Gasteiger charge is 2.37. The van der Waals surface area contributed by atoms with E-state index in [0.29, 0.717) is 29.7 Å². The van der Waals surface area contributed by atoms with Crippen molar-refractivity contribution >= 4 is 40.1 Å². The summed E-state index contributed by atoms with van der Waals surface area (Å²) in [5.41, 5.74) is -0.275. The van der Waals surface area contributed by atoms with Crippen LogP contribution in [0.4, 0.5) is 10.1 Å². The van der Waals surface area contributed by atoms with Gasteiger partial charge in [0.05, 0.1) is 21.6 Å². The van der Waals surface area contributed by atoms with Gasteiger partial charge in [0.2, 0.25) is 5.43 Å². The summed E-state index contributed by atoms with van der Waals surface area (Å²) in [4.78, 5) is 35.6. The summed E-state index contributed by atoms with van der Waals surface area (Å²) in [6, 6.07) is 1.58. The summed E-state index contributed by atoms with van der Waals surface area (Å²) < 4.78 is 16.9. The second-order valence-electron chi connectivity index (χ2n) is 9.11. The maximum atomic E-state index is 15.1. The van der Waals surface area contributed by atoms with Crippen molar-refractivity contribution in [3.8, 4) is 0 Å². The Hall–Kier alpha value is -2.69. The minimum atomic E-state index is -1.31. The van der Waals surface area contributed by atoms with Gasteiger partial charge in [-0.3, -0.25) is 4.79 Å². The SMILES string of the molecule is CC(O)C(=O)O.O=C(O)c1cn(C2CC2)c2c(Cl)c(N3C[C@@H]4CCCN[C@@H]4C3)c(F)cc2c1=O. The van der Waals surface area contributed by atoms with Crippen molar-refractivity contribution in [3.05, 3.63) is 38.9 Å². The van der Waals surface area contributed by atoms with E-state index in [9.17, 15) is 19.5 Å². The van der Waals surface area contributed by atoms with Crippen LogP contribution in [0.1, 0.15) is 49.0 Å². The lowest BCUT2D eigenvalue weighted by Crippen LogP contribution is -2.40. The van der Waals surface area contributed by atoms with E-state index in [-0.39, 0.29) is 22.0 Å². The van der Waals surface area contributed by atoms with Crippen LogP contribution < -0.4 is 15.6 Å². The predicted molar refractivity (Wildman–Crippen MR) is 124 cm³/mol. The number of aliphatic hydroxyl groups excluding tert-OH is 1.